The third-order valence-corrected chi connectivity index (χ3v) is 6.70. The number of Topliss-reactive ketones (excluding diaryl/α,β-unsaturated/α-hetero) is 1. The maximum atomic E-state index is 12.6. The van der Waals surface area contributed by atoms with Crippen LogP contribution in [0.15, 0.2) is 12.1 Å². The molecule has 1 fully saturated rings. The van der Waals surface area contributed by atoms with Gasteiger partial charge in [0.25, 0.3) is 5.91 Å². The number of ether oxygens (including phenoxy) is 1. The zero-order valence-corrected chi connectivity index (χ0v) is 17.2. The summed E-state index contributed by atoms with van der Waals surface area (Å²) in [7, 11) is -1.70. The molecule has 0 saturated heterocycles. The van der Waals surface area contributed by atoms with Crippen molar-refractivity contribution >= 4 is 31.2 Å². The van der Waals surface area contributed by atoms with Crippen LogP contribution in [-0.4, -0.2) is 48.1 Å². The van der Waals surface area contributed by atoms with Crippen LogP contribution in [0.25, 0.3) is 0 Å². The summed E-state index contributed by atoms with van der Waals surface area (Å²) in [5.41, 5.74) is -0.0612. The number of ketones is 1. The molecule has 0 radical (unpaired) electrons. The zero-order valence-electron chi connectivity index (χ0n) is 16.2. The van der Waals surface area contributed by atoms with E-state index in [4.69, 9.17) is 4.74 Å². The Balaban J connectivity index is 1.91. The van der Waals surface area contributed by atoms with E-state index in [1.165, 1.54) is 0 Å². The Labute approximate surface area is 154 Å². The van der Waals surface area contributed by atoms with Gasteiger partial charge in [0.1, 0.15) is 17.3 Å². The van der Waals surface area contributed by atoms with E-state index in [0.717, 1.165) is 5.32 Å². The molecule has 1 aromatic heterocycles. The highest BCUT2D eigenvalue weighted by Gasteiger charge is 2.50. The fourth-order valence-corrected chi connectivity index (χ4v) is 5.34. The van der Waals surface area contributed by atoms with Crippen LogP contribution in [-0.2, 0) is 9.53 Å². The minimum absolute atomic E-state index is 0.0887. The van der Waals surface area contributed by atoms with E-state index in [2.05, 4.69) is 30.3 Å². The smallest absolute Gasteiger partial charge is 0.408 e. The van der Waals surface area contributed by atoms with Crippen LogP contribution >= 0.6 is 0 Å². The third kappa shape index (κ3) is 3.30. The standard InChI is InChI=1S/C18H27N3O4Si/c1-18(2,3)25-17(24)20-15-12(22)9-11-14(15)19-16(23)10-7-8-13(21(10)11)26(4,5)6/h7-8,11,14-15H,9H2,1-6H3,(H,19,23)(H,20,24)/t11-,14-,15-/m1/s1. The third-order valence-electron chi connectivity index (χ3n) is 4.75. The number of nitrogens with one attached hydrogen (secondary N) is 2. The van der Waals surface area contributed by atoms with Gasteiger partial charge in [-0.1, -0.05) is 19.6 Å². The van der Waals surface area contributed by atoms with Gasteiger partial charge in [0.2, 0.25) is 0 Å². The van der Waals surface area contributed by atoms with Crippen molar-refractivity contribution in [3.05, 3.63) is 17.8 Å². The molecule has 0 unspecified atom stereocenters. The van der Waals surface area contributed by atoms with Gasteiger partial charge in [-0.05, 0) is 32.9 Å². The summed E-state index contributed by atoms with van der Waals surface area (Å²) in [6, 6.07) is 2.43. The number of rotatable bonds is 2. The largest absolute Gasteiger partial charge is 0.444 e. The Morgan fingerprint density at radius 3 is 2.50 bits per heavy atom. The number of hydrogen-bond donors (Lipinski definition) is 2. The van der Waals surface area contributed by atoms with Crippen LogP contribution in [0.5, 0.6) is 0 Å². The van der Waals surface area contributed by atoms with Gasteiger partial charge in [0.15, 0.2) is 5.78 Å². The summed E-state index contributed by atoms with van der Waals surface area (Å²) in [6.07, 6.45) is -0.362. The molecule has 3 rings (SSSR count). The summed E-state index contributed by atoms with van der Waals surface area (Å²) < 4.78 is 7.30. The van der Waals surface area contributed by atoms with Gasteiger partial charge in [-0.3, -0.25) is 9.59 Å². The second kappa shape index (κ2) is 5.97. The topological polar surface area (TPSA) is 89.4 Å². The van der Waals surface area contributed by atoms with Crippen molar-refractivity contribution in [2.75, 3.05) is 0 Å². The minimum atomic E-state index is -1.70. The molecule has 1 aliphatic heterocycles. The van der Waals surface area contributed by atoms with E-state index >= 15 is 0 Å². The molecule has 1 aromatic rings. The van der Waals surface area contributed by atoms with Crippen LogP contribution < -0.4 is 16.0 Å². The summed E-state index contributed by atoms with van der Waals surface area (Å²) in [4.78, 5) is 37.3. The Morgan fingerprint density at radius 1 is 1.27 bits per heavy atom. The van der Waals surface area contributed by atoms with Gasteiger partial charge in [-0.15, -0.1) is 0 Å². The molecule has 8 heteroatoms. The highest BCUT2D eigenvalue weighted by Crippen LogP contribution is 2.33. The van der Waals surface area contributed by atoms with Crippen molar-refractivity contribution < 1.29 is 19.1 Å². The van der Waals surface area contributed by atoms with E-state index in [1.54, 1.807) is 20.8 Å². The monoisotopic (exact) mass is 377 g/mol. The maximum absolute atomic E-state index is 12.6. The normalized spacial score (nSPS) is 25.4. The zero-order chi connectivity index (χ0) is 19.4. The van der Waals surface area contributed by atoms with Crippen LogP contribution in [0.3, 0.4) is 0 Å². The number of fused-ring (bicyclic) bond motifs is 3. The van der Waals surface area contributed by atoms with Gasteiger partial charge < -0.3 is 19.9 Å². The van der Waals surface area contributed by atoms with Crippen molar-refractivity contribution in [1.82, 2.24) is 15.2 Å². The van der Waals surface area contributed by atoms with Crippen molar-refractivity contribution in [3.8, 4) is 0 Å². The van der Waals surface area contributed by atoms with Gasteiger partial charge >= 0.3 is 6.09 Å². The lowest BCUT2D eigenvalue weighted by Gasteiger charge is -2.35. The first-order chi connectivity index (χ1) is 11.9. The summed E-state index contributed by atoms with van der Waals surface area (Å²) in [6.45, 7) is 11.9. The Hall–Kier alpha value is -2.09. The van der Waals surface area contributed by atoms with E-state index in [-0.39, 0.29) is 24.2 Å². The van der Waals surface area contributed by atoms with Gasteiger partial charge in [-0.2, -0.15) is 0 Å². The van der Waals surface area contributed by atoms with Crippen LogP contribution in [0.2, 0.25) is 19.6 Å². The predicted molar refractivity (Wildman–Crippen MR) is 100 cm³/mol. The molecular weight excluding hydrogens is 350 g/mol. The van der Waals surface area contributed by atoms with Crippen LogP contribution in [0.4, 0.5) is 4.79 Å². The number of hydrogen-bond acceptors (Lipinski definition) is 4. The number of nitrogens with zero attached hydrogens (tertiary/aromatic N) is 1. The summed E-state index contributed by atoms with van der Waals surface area (Å²) in [5.74, 6) is -0.296. The lowest BCUT2D eigenvalue weighted by Crippen LogP contribution is -2.58. The van der Waals surface area contributed by atoms with Crippen molar-refractivity contribution in [2.45, 2.75) is 70.6 Å². The number of aromatic nitrogens is 1. The molecule has 2 aliphatic rings. The van der Waals surface area contributed by atoms with E-state index in [9.17, 15) is 14.4 Å². The molecule has 3 atom stereocenters. The summed E-state index contributed by atoms with van der Waals surface area (Å²) >= 11 is 0. The first-order valence-corrected chi connectivity index (χ1v) is 12.4. The van der Waals surface area contributed by atoms with Gasteiger partial charge in [-0.25, -0.2) is 4.79 Å². The molecule has 142 valence electrons. The van der Waals surface area contributed by atoms with Crippen LogP contribution in [0, 0.1) is 0 Å². The van der Waals surface area contributed by atoms with E-state index in [1.807, 2.05) is 16.7 Å². The second-order valence-electron chi connectivity index (χ2n) is 9.08. The van der Waals surface area contributed by atoms with Crippen molar-refractivity contribution in [2.24, 2.45) is 0 Å². The molecule has 2 N–H and O–H groups in total. The second-order valence-corrected chi connectivity index (χ2v) is 14.1. The molecule has 1 saturated carbocycles. The molecule has 1 aliphatic carbocycles. The lowest BCUT2D eigenvalue weighted by atomic mass is 10.1. The Morgan fingerprint density at radius 2 is 1.92 bits per heavy atom. The van der Waals surface area contributed by atoms with Crippen LogP contribution in [0.1, 0.15) is 43.7 Å². The molecule has 7 nitrogen and oxygen atoms in total. The number of alkyl carbamates (subject to hydrolysis) is 1. The van der Waals surface area contributed by atoms with Gasteiger partial charge in [0.05, 0.1) is 20.2 Å². The lowest BCUT2D eigenvalue weighted by molar-refractivity contribution is -0.119. The quantitative estimate of drug-likeness (QED) is 0.766. The highest BCUT2D eigenvalue weighted by molar-refractivity contribution is 6.88. The fourth-order valence-electron chi connectivity index (χ4n) is 3.75. The first kappa shape index (κ1) is 18.7. The number of carbonyl (C=O) groups excluding carboxylic acids is 3. The maximum Gasteiger partial charge on any atom is 0.408 e. The SMILES string of the molecule is CC(C)(C)OC(=O)N[C@@H]1C(=O)C[C@@H]2[C@H]1NC(=O)c1ccc([Si](C)(C)C)n12. The van der Waals surface area contributed by atoms with Crippen molar-refractivity contribution in [3.63, 3.8) is 0 Å². The van der Waals surface area contributed by atoms with Gasteiger partial charge in [0, 0.05) is 11.7 Å². The Kier molecular flexibility index (Phi) is 4.29. The first-order valence-electron chi connectivity index (χ1n) is 8.93. The minimum Gasteiger partial charge on any atom is -0.444 e. The molecule has 2 heterocycles. The molecule has 0 aromatic carbocycles. The molecular formula is C18H27N3O4Si. The number of carbonyl (C=O) groups is 3. The average Bonchev–Trinajstić information content (AvgIpc) is 3.01. The molecule has 2 amide bonds. The Bertz CT molecular complexity index is 772. The summed E-state index contributed by atoms with van der Waals surface area (Å²) in [5, 5.41) is 6.71. The molecule has 0 bridgehead atoms. The van der Waals surface area contributed by atoms with Crippen molar-refractivity contribution in [1.29, 1.82) is 0 Å². The van der Waals surface area contributed by atoms with E-state index in [0.29, 0.717) is 5.69 Å². The molecule has 0 spiro atoms. The van der Waals surface area contributed by atoms with E-state index < -0.39 is 31.9 Å². The fraction of sp³-hybridized carbons (Fsp3) is 0.611. The average molecular weight is 378 g/mol. The number of amides is 2. The molecule has 26 heavy (non-hydrogen) atoms. The highest BCUT2D eigenvalue weighted by atomic mass is 28.3. The predicted octanol–water partition coefficient (Wildman–Crippen LogP) is 1.55.